The molecule has 0 bridgehead atoms. The summed E-state index contributed by atoms with van der Waals surface area (Å²) < 4.78 is 13.9. The van der Waals surface area contributed by atoms with E-state index >= 15 is 0 Å². The molecule has 0 unspecified atom stereocenters. The highest BCUT2D eigenvalue weighted by Crippen LogP contribution is 2.21. The van der Waals surface area contributed by atoms with Gasteiger partial charge in [0.05, 0.1) is 0 Å². The highest BCUT2D eigenvalue weighted by molar-refractivity contribution is 9.10. The highest BCUT2D eigenvalue weighted by Gasteiger charge is 2.01. The van der Waals surface area contributed by atoms with Crippen LogP contribution in [0.15, 0.2) is 46.9 Å². The van der Waals surface area contributed by atoms with Crippen LogP contribution in [0.4, 0.5) is 4.39 Å². The van der Waals surface area contributed by atoms with Crippen molar-refractivity contribution in [2.45, 2.75) is 13.1 Å². The van der Waals surface area contributed by atoms with Crippen LogP contribution < -0.4 is 5.32 Å². The van der Waals surface area contributed by atoms with Gasteiger partial charge >= 0.3 is 0 Å². The van der Waals surface area contributed by atoms with Crippen LogP contribution in [0.25, 0.3) is 0 Å². The molecule has 0 aromatic heterocycles. The molecule has 94 valence electrons. The summed E-state index contributed by atoms with van der Waals surface area (Å²) in [6.45, 7) is 1.33. The molecule has 0 aliphatic rings. The zero-order valence-corrected chi connectivity index (χ0v) is 11.9. The Hall–Kier alpha value is -0.900. The number of hydrogen-bond donors (Lipinski definition) is 1. The first-order chi connectivity index (χ1) is 8.65. The predicted octanol–water partition coefficient (Wildman–Crippen LogP) is 4.53. The molecule has 2 aromatic rings. The largest absolute Gasteiger partial charge is 0.309 e. The van der Waals surface area contributed by atoms with Crippen molar-refractivity contribution in [3.63, 3.8) is 0 Å². The van der Waals surface area contributed by atoms with Crippen molar-refractivity contribution in [3.05, 3.63) is 68.9 Å². The SMILES string of the molecule is Fc1cccc(CNCc2ccc(Cl)cc2Br)c1. The molecule has 1 nitrogen and oxygen atoms in total. The summed E-state index contributed by atoms with van der Waals surface area (Å²) in [6, 6.07) is 12.3. The minimum absolute atomic E-state index is 0.207. The first kappa shape index (κ1) is 13.5. The molecule has 0 aliphatic heterocycles. The Morgan fingerprint density at radius 1 is 1.11 bits per heavy atom. The summed E-state index contributed by atoms with van der Waals surface area (Å²) >= 11 is 9.33. The van der Waals surface area contributed by atoms with Gasteiger partial charge in [0.1, 0.15) is 5.82 Å². The molecule has 0 heterocycles. The van der Waals surface area contributed by atoms with Crippen LogP contribution >= 0.6 is 27.5 Å². The van der Waals surface area contributed by atoms with Crippen LogP contribution in [-0.4, -0.2) is 0 Å². The van der Waals surface area contributed by atoms with Crippen molar-refractivity contribution < 1.29 is 4.39 Å². The quantitative estimate of drug-likeness (QED) is 0.869. The Morgan fingerprint density at radius 2 is 1.94 bits per heavy atom. The fourth-order valence-corrected chi connectivity index (χ4v) is 2.48. The van der Waals surface area contributed by atoms with Crippen LogP contribution in [0, 0.1) is 5.82 Å². The van der Waals surface area contributed by atoms with E-state index in [-0.39, 0.29) is 5.82 Å². The van der Waals surface area contributed by atoms with Gasteiger partial charge in [-0.25, -0.2) is 4.39 Å². The molecule has 0 atom stereocenters. The smallest absolute Gasteiger partial charge is 0.123 e. The van der Waals surface area contributed by atoms with Gasteiger partial charge in [0, 0.05) is 22.6 Å². The van der Waals surface area contributed by atoms with Gasteiger partial charge in [-0.3, -0.25) is 0 Å². The summed E-state index contributed by atoms with van der Waals surface area (Å²) in [5.41, 5.74) is 2.05. The molecule has 0 aliphatic carbocycles. The third kappa shape index (κ3) is 3.80. The van der Waals surface area contributed by atoms with Gasteiger partial charge in [-0.1, -0.05) is 45.7 Å². The molecular formula is C14H12BrClFN. The van der Waals surface area contributed by atoms with Gasteiger partial charge in [-0.15, -0.1) is 0 Å². The zero-order valence-electron chi connectivity index (χ0n) is 9.59. The van der Waals surface area contributed by atoms with E-state index in [1.165, 1.54) is 12.1 Å². The summed E-state index contributed by atoms with van der Waals surface area (Å²) in [5.74, 6) is -0.207. The normalized spacial score (nSPS) is 10.6. The molecule has 2 rings (SSSR count). The first-order valence-corrected chi connectivity index (χ1v) is 6.71. The number of hydrogen-bond acceptors (Lipinski definition) is 1. The van der Waals surface area contributed by atoms with Crippen LogP contribution in [-0.2, 0) is 13.1 Å². The molecule has 18 heavy (non-hydrogen) atoms. The summed E-state index contributed by atoms with van der Waals surface area (Å²) in [5, 5.41) is 3.97. The predicted molar refractivity (Wildman–Crippen MR) is 76.1 cm³/mol. The van der Waals surface area contributed by atoms with E-state index in [9.17, 15) is 4.39 Å². The van der Waals surface area contributed by atoms with E-state index in [1.54, 1.807) is 6.07 Å². The maximum Gasteiger partial charge on any atom is 0.123 e. The van der Waals surface area contributed by atoms with E-state index in [1.807, 2.05) is 24.3 Å². The summed E-state index contributed by atoms with van der Waals surface area (Å²) in [6.07, 6.45) is 0. The fourth-order valence-electron chi connectivity index (χ4n) is 1.65. The average Bonchev–Trinajstić information content (AvgIpc) is 2.32. The Morgan fingerprint density at radius 3 is 2.67 bits per heavy atom. The lowest BCUT2D eigenvalue weighted by molar-refractivity contribution is 0.620. The second kappa shape index (κ2) is 6.32. The number of rotatable bonds is 4. The van der Waals surface area contributed by atoms with Crippen molar-refractivity contribution in [3.8, 4) is 0 Å². The molecule has 0 fully saturated rings. The van der Waals surface area contributed by atoms with Gasteiger partial charge in [0.15, 0.2) is 0 Å². The summed E-state index contributed by atoms with van der Waals surface area (Å²) in [7, 11) is 0. The number of halogens is 3. The fraction of sp³-hybridized carbons (Fsp3) is 0.143. The van der Waals surface area contributed by atoms with Crippen molar-refractivity contribution in [1.82, 2.24) is 5.32 Å². The van der Waals surface area contributed by atoms with Gasteiger partial charge < -0.3 is 5.32 Å². The van der Waals surface area contributed by atoms with Crippen LogP contribution in [0.5, 0.6) is 0 Å². The van der Waals surface area contributed by atoms with Gasteiger partial charge in [0.2, 0.25) is 0 Å². The lowest BCUT2D eigenvalue weighted by atomic mass is 10.2. The molecule has 1 N–H and O–H groups in total. The Balaban J connectivity index is 1.92. The van der Waals surface area contributed by atoms with Crippen LogP contribution in [0.3, 0.4) is 0 Å². The van der Waals surface area contributed by atoms with E-state index in [0.29, 0.717) is 18.1 Å². The molecule has 0 saturated carbocycles. The Bertz CT molecular complexity index is 545. The lowest BCUT2D eigenvalue weighted by Crippen LogP contribution is -2.13. The Kier molecular flexibility index (Phi) is 4.75. The topological polar surface area (TPSA) is 12.0 Å². The molecule has 0 amide bonds. The third-order valence-corrected chi connectivity index (χ3v) is 3.52. The van der Waals surface area contributed by atoms with Gasteiger partial charge in [0.25, 0.3) is 0 Å². The lowest BCUT2D eigenvalue weighted by Gasteiger charge is -2.07. The second-order valence-corrected chi connectivity index (χ2v) is 5.26. The average molecular weight is 329 g/mol. The van der Waals surface area contributed by atoms with Crippen LogP contribution in [0.2, 0.25) is 5.02 Å². The standard InChI is InChI=1S/C14H12BrClFN/c15-14-7-12(16)5-4-11(14)9-18-8-10-2-1-3-13(17)6-10/h1-7,18H,8-9H2. The van der Waals surface area contributed by atoms with Gasteiger partial charge in [-0.2, -0.15) is 0 Å². The van der Waals surface area contributed by atoms with E-state index < -0.39 is 0 Å². The first-order valence-electron chi connectivity index (χ1n) is 5.54. The minimum atomic E-state index is -0.207. The molecule has 0 radical (unpaired) electrons. The van der Waals surface area contributed by atoms with E-state index in [4.69, 9.17) is 11.6 Å². The highest BCUT2D eigenvalue weighted by atomic mass is 79.9. The van der Waals surface area contributed by atoms with Crippen molar-refractivity contribution in [2.24, 2.45) is 0 Å². The molecule has 4 heteroatoms. The molecular weight excluding hydrogens is 317 g/mol. The maximum atomic E-state index is 13.0. The number of nitrogens with one attached hydrogen (secondary N) is 1. The second-order valence-electron chi connectivity index (χ2n) is 3.97. The van der Waals surface area contributed by atoms with Crippen LogP contribution in [0.1, 0.15) is 11.1 Å². The number of benzene rings is 2. The summed E-state index contributed by atoms with van der Waals surface area (Å²) in [4.78, 5) is 0. The minimum Gasteiger partial charge on any atom is -0.309 e. The zero-order chi connectivity index (χ0) is 13.0. The molecule has 2 aromatic carbocycles. The maximum absolute atomic E-state index is 13.0. The third-order valence-electron chi connectivity index (χ3n) is 2.55. The van der Waals surface area contributed by atoms with E-state index in [2.05, 4.69) is 21.2 Å². The van der Waals surface area contributed by atoms with Crippen molar-refractivity contribution in [1.29, 1.82) is 0 Å². The van der Waals surface area contributed by atoms with E-state index in [0.717, 1.165) is 15.6 Å². The molecule has 0 spiro atoms. The van der Waals surface area contributed by atoms with Crippen molar-refractivity contribution >= 4 is 27.5 Å². The van der Waals surface area contributed by atoms with Crippen molar-refractivity contribution in [2.75, 3.05) is 0 Å². The molecule has 0 saturated heterocycles. The monoisotopic (exact) mass is 327 g/mol. The van der Waals surface area contributed by atoms with Gasteiger partial charge in [-0.05, 0) is 35.4 Å². The Labute approximate surface area is 119 Å².